The molecule has 0 atom stereocenters. The second-order valence-corrected chi connectivity index (χ2v) is 4.22. The van der Waals surface area contributed by atoms with Crippen LogP contribution in [0.15, 0.2) is 12.1 Å². The summed E-state index contributed by atoms with van der Waals surface area (Å²) in [6.07, 6.45) is 1.69. The van der Waals surface area contributed by atoms with Crippen LogP contribution in [0, 0.1) is 6.92 Å². The Bertz CT molecular complexity index is 427. The van der Waals surface area contributed by atoms with Gasteiger partial charge >= 0.3 is 5.97 Å². The normalized spacial score (nSPS) is 16.9. The zero-order valence-electron chi connectivity index (χ0n) is 9.03. The Morgan fingerprint density at radius 1 is 1.56 bits per heavy atom. The monoisotopic (exact) mass is 222 g/mol. The van der Waals surface area contributed by atoms with E-state index in [9.17, 15) is 9.90 Å². The highest BCUT2D eigenvalue weighted by molar-refractivity contribution is 5.93. The van der Waals surface area contributed by atoms with E-state index in [-0.39, 0.29) is 17.7 Å². The average molecular weight is 222 g/mol. The van der Waals surface area contributed by atoms with Crippen LogP contribution in [-0.2, 0) is 0 Å². The van der Waals surface area contributed by atoms with Crippen LogP contribution >= 0.6 is 0 Å². The number of nitrogens with zero attached hydrogens (tertiary/aromatic N) is 1. The summed E-state index contributed by atoms with van der Waals surface area (Å²) in [4.78, 5) is 15.1. The van der Waals surface area contributed by atoms with Crippen molar-refractivity contribution in [3.8, 4) is 0 Å². The van der Waals surface area contributed by atoms with Crippen molar-refractivity contribution >= 4 is 11.8 Å². The van der Waals surface area contributed by atoms with Gasteiger partial charge < -0.3 is 15.5 Å². The van der Waals surface area contributed by atoms with Gasteiger partial charge in [0.15, 0.2) is 0 Å². The molecule has 0 bridgehead atoms. The minimum absolute atomic E-state index is 0.00167. The van der Waals surface area contributed by atoms with Gasteiger partial charge in [0.25, 0.3) is 0 Å². The van der Waals surface area contributed by atoms with E-state index in [4.69, 9.17) is 5.11 Å². The first-order valence-electron chi connectivity index (χ1n) is 5.16. The molecule has 0 amide bonds. The summed E-state index contributed by atoms with van der Waals surface area (Å²) in [6, 6.07) is 3.19. The highest BCUT2D eigenvalue weighted by atomic mass is 16.4. The molecule has 86 valence electrons. The number of nitrogens with one attached hydrogen (secondary N) is 1. The summed E-state index contributed by atoms with van der Waals surface area (Å²) < 4.78 is 0. The fraction of sp³-hybridized carbons (Fsp3) is 0.455. The predicted molar refractivity (Wildman–Crippen MR) is 58.6 cm³/mol. The number of carbonyl (C=O) groups is 1. The molecule has 0 spiro atoms. The predicted octanol–water partition coefficient (Wildman–Crippen LogP) is 1.03. The molecule has 1 aromatic rings. The molecule has 0 aliphatic heterocycles. The number of aromatic carboxylic acids is 1. The number of carboxylic acids is 1. The summed E-state index contributed by atoms with van der Waals surface area (Å²) in [5, 5.41) is 21.2. The van der Waals surface area contributed by atoms with E-state index < -0.39 is 5.97 Å². The Kier molecular flexibility index (Phi) is 2.55. The van der Waals surface area contributed by atoms with Crippen LogP contribution in [0.3, 0.4) is 0 Å². The van der Waals surface area contributed by atoms with Gasteiger partial charge in [-0.05, 0) is 31.9 Å². The molecular formula is C11H14N2O3. The molecule has 3 N–H and O–H groups in total. The number of anilines is 1. The Morgan fingerprint density at radius 2 is 2.25 bits per heavy atom. The van der Waals surface area contributed by atoms with Gasteiger partial charge in [-0.15, -0.1) is 0 Å². The largest absolute Gasteiger partial charge is 0.478 e. The van der Waals surface area contributed by atoms with E-state index in [2.05, 4.69) is 10.3 Å². The molecule has 2 rings (SSSR count). The third-order valence-electron chi connectivity index (χ3n) is 2.80. The third-order valence-corrected chi connectivity index (χ3v) is 2.80. The molecule has 0 aromatic carbocycles. The van der Waals surface area contributed by atoms with Crippen LogP contribution in [-0.4, -0.2) is 33.3 Å². The highest BCUT2D eigenvalue weighted by Crippen LogP contribution is 2.38. The van der Waals surface area contributed by atoms with Crippen molar-refractivity contribution in [1.29, 1.82) is 0 Å². The number of hydrogen-bond donors (Lipinski definition) is 3. The van der Waals surface area contributed by atoms with Gasteiger partial charge in [0.05, 0.1) is 12.1 Å². The number of aliphatic hydroxyl groups is 1. The number of pyridine rings is 1. The van der Waals surface area contributed by atoms with E-state index >= 15 is 0 Å². The van der Waals surface area contributed by atoms with Gasteiger partial charge in [0, 0.05) is 5.69 Å². The van der Waals surface area contributed by atoms with E-state index in [0.29, 0.717) is 5.82 Å². The number of aromatic nitrogens is 1. The van der Waals surface area contributed by atoms with Crippen LogP contribution in [0.4, 0.5) is 5.82 Å². The second-order valence-electron chi connectivity index (χ2n) is 4.22. The molecule has 0 radical (unpaired) electrons. The van der Waals surface area contributed by atoms with Crippen LogP contribution < -0.4 is 5.32 Å². The molecule has 1 fully saturated rings. The van der Waals surface area contributed by atoms with Gasteiger partial charge in [0.2, 0.25) is 0 Å². The van der Waals surface area contributed by atoms with Crippen molar-refractivity contribution in [2.75, 3.05) is 11.9 Å². The average Bonchev–Trinajstić information content (AvgIpc) is 2.98. The Balaban J connectivity index is 2.31. The van der Waals surface area contributed by atoms with Gasteiger partial charge in [-0.2, -0.15) is 0 Å². The van der Waals surface area contributed by atoms with Crippen LogP contribution in [0.1, 0.15) is 28.9 Å². The van der Waals surface area contributed by atoms with Crippen LogP contribution in [0.25, 0.3) is 0 Å². The number of rotatable bonds is 4. The number of aryl methyl sites for hydroxylation is 1. The summed E-state index contributed by atoms with van der Waals surface area (Å²) in [5.74, 6) is -0.664. The molecule has 0 saturated heterocycles. The summed E-state index contributed by atoms with van der Waals surface area (Å²) in [5.41, 5.74) is 0.539. The maximum atomic E-state index is 11.0. The first-order valence-corrected chi connectivity index (χ1v) is 5.16. The molecule has 5 heteroatoms. The Hall–Kier alpha value is -1.62. The molecule has 1 aromatic heterocycles. The molecule has 1 saturated carbocycles. The minimum atomic E-state index is -1.01. The lowest BCUT2D eigenvalue weighted by atomic mass is 10.2. The molecule has 16 heavy (non-hydrogen) atoms. The highest BCUT2D eigenvalue weighted by Gasteiger charge is 2.43. The van der Waals surface area contributed by atoms with Gasteiger partial charge in [0.1, 0.15) is 11.4 Å². The maximum Gasteiger partial charge on any atom is 0.339 e. The summed E-state index contributed by atoms with van der Waals surface area (Å²) in [7, 11) is 0. The molecule has 1 heterocycles. The SMILES string of the molecule is Cc1ccc(C(=O)O)c(NC2(CO)CC2)n1. The van der Waals surface area contributed by atoms with Crippen molar-refractivity contribution in [3.05, 3.63) is 23.4 Å². The van der Waals surface area contributed by atoms with E-state index in [0.717, 1.165) is 18.5 Å². The molecule has 1 aliphatic rings. The van der Waals surface area contributed by atoms with Crippen LogP contribution in [0.5, 0.6) is 0 Å². The minimum Gasteiger partial charge on any atom is -0.478 e. The van der Waals surface area contributed by atoms with Gasteiger partial charge in [-0.25, -0.2) is 9.78 Å². The summed E-state index contributed by atoms with van der Waals surface area (Å²) >= 11 is 0. The number of carboxylic acid groups (broad SMARTS) is 1. The molecule has 5 nitrogen and oxygen atoms in total. The lowest BCUT2D eigenvalue weighted by Gasteiger charge is -2.16. The Labute approximate surface area is 93.1 Å². The lowest BCUT2D eigenvalue weighted by molar-refractivity contribution is 0.0697. The van der Waals surface area contributed by atoms with Crippen LogP contribution in [0.2, 0.25) is 0 Å². The molecule has 0 unspecified atom stereocenters. The second kappa shape index (κ2) is 3.75. The zero-order chi connectivity index (χ0) is 11.8. The van der Waals surface area contributed by atoms with E-state index in [1.165, 1.54) is 6.07 Å². The van der Waals surface area contributed by atoms with Crippen molar-refractivity contribution in [2.24, 2.45) is 0 Å². The third kappa shape index (κ3) is 1.99. The fourth-order valence-corrected chi connectivity index (χ4v) is 1.55. The van der Waals surface area contributed by atoms with Crippen molar-refractivity contribution in [1.82, 2.24) is 4.98 Å². The van der Waals surface area contributed by atoms with Crippen molar-refractivity contribution in [2.45, 2.75) is 25.3 Å². The van der Waals surface area contributed by atoms with E-state index in [1.54, 1.807) is 13.0 Å². The standard InChI is InChI=1S/C11H14N2O3/c1-7-2-3-8(10(15)16)9(12-7)13-11(6-14)4-5-11/h2-3,14H,4-6H2,1H3,(H,12,13)(H,15,16). The molecular weight excluding hydrogens is 208 g/mol. The van der Waals surface area contributed by atoms with Gasteiger partial charge in [-0.3, -0.25) is 0 Å². The fourth-order valence-electron chi connectivity index (χ4n) is 1.55. The molecule has 1 aliphatic carbocycles. The van der Waals surface area contributed by atoms with Crippen molar-refractivity contribution in [3.63, 3.8) is 0 Å². The number of aliphatic hydroxyl groups excluding tert-OH is 1. The lowest BCUT2D eigenvalue weighted by Crippen LogP contribution is -2.27. The van der Waals surface area contributed by atoms with E-state index in [1.807, 2.05) is 0 Å². The maximum absolute atomic E-state index is 11.0. The topological polar surface area (TPSA) is 82.5 Å². The summed E-state index contributed by atoms with van der Waals surface area (Å²) in [6.45, 7) is 1.80. The first-order chi connectivity index (χ1) is 7.56. The van der Waals surface area contributed by atoms with Gasteiger partial charge in [-0.1, -0.05) is 0 Å². The number of hydrogen-bond acceptors (Lipinski definition) is 4. The Morgan fingerprint density at radius 3 is 2.75 bits per heavy atom. The van der Waals surface area contributed by atoms with Crippen molar-refractivity contribution < 1.29 is 15.0 Å². The first kappa shape index (κ1) is 10.9. The smallest absolute Gasteiger partial charge is 0.339 e. The zero-order valence-corrected chi connectivity index (χ0v) is 9.03. The quantitative estimate of drug-likeness (QED) is 0.708.